The number of phenolic OH excluding ortho intramolecular Hbond substituents is 1. The molecule has 0 bridgehead atoms. The highest BCUT2D eigenvalue weighted by Gasteiger charge is 2.20. The molecular weight excluding hydrogens is 272 g/mol. The molecule has 0 aliphatic heterocycles. The van der Waals surface area contributed by atoms with Crippen molar-refractivity contribution in [3.8, 4) is 11.5 Å². The summed E-state index contributed by atoms with van der Waals surface area (Å²) in [6.07, 6.45) is 10.7. The van der Waals surface area contributed by atoms with Crippen LogP contribution in [0.2, 0.25) is 0 Å². The van der Waals surface area contributed by atoms with E-state index in [1.807, 2.05) is 18.2 Å². The van der Waals surface area contributed by atoms with Gasteiger partial charge in [0.05, 0.1) is 6.61 Å². The van der Waals surface area contributed by atoms with Gasteiger partial charge in [-0.05, 0) is 19.3 Å². The Morgan fingerprint density at radius 1 is 0.955 bits per heavy atom. The van der Waals surface area contributed by atoms with Gasteiger partial charge in [-0.3, -0.25) is 0 Å². The number of aromatic hydroxyl groups is 1. The minimum atomic E-state index is 0.424. The molecule has 0 heterocycles. The fourth-order valence-corrected chi connectivity index (χ4v) is 3.20. The van der Waals surface area contributed by atoms with Gasteiger partial charge in [-0.1, -0.05) is 62.6 Å². The molecule has 1 aliphatic carbocycles. The number of unbranched alkanes of at least 4 members (excludes halogenated alkanes) is 3. The maximum absolute atomic E-state index is 10.6. The molecule has 2 nitrogen and oxygen atoms in total. The van der Waals surface area contributed by atoms with Crippen molar-refractivity contribution in [1.29, 1.82) is 0 Å². The average molecular weight is 296 g/mol. The molecule has 0 saturated heterocycles. The van der Waals surface area contributed by atoms with Gasteiger partial charge in [-0.25, -0.2) is 0 Å². The van der Waals surface area contributed by atoms with Crippen molar-refractivity contribution in [3.63, 3.8) is 0 Å². The van der Waals surface area contributed by atoms with E-state index in [-0.39, 0.29) is 0 Å². The van der Waals surface area contributed by atoms with Gasteiger partial charge in [0.15, 0.2) is 0 Å². The third-order valence-corrected chi connectivity index (χ3v) is 4.41. The minimum Gasteiger partial charge on any atom is -0.507 e. The summed E-state index contributed by atoms with van der Waals surface area (Å²) in [6.45, 7) is 2.97. The second-order valence-electron chi connectivity index (χ2n) is 5.97. The smallest absolute Gasteiger partial charge is 0.131 e. The highest BCUT2D eigenvalue weighted by molar-refractivity contribution is 5.96. The number of hydrogen-bond donors (Lipinski definition) is 1. The second kappa shape index (κ2) is 6.87. The van der Waals surface area contributed by atoms with Crippen molar-refractivity contribution in [1.82, 2.24) is 0 Å². The topological polar surface area (TPSA) is 29.5 Å². The van der Waals surface area contributed by atoms with Crippen LogP contribution >= 0.6 is 0 Å². The first-order valence-corrected chi connectivity index (χ1v) is 8.36. The molecule has 0 spiro atoms. The molecule has 2 aromatic rings. The Labute approximate surface area is 132 Å². The normalized spacial score (nSPS) is 13.3. The molecule has 116 valence electrons. The molecule has 1 N–H and O–H groups in total. The molecule has 0 radical (unpaired) electrons. The number of ether oxygens (including phenoxy) is 1. The average Bonchev–Trinajstić information content (AvgIpc) is 2.57. The third-order valence-electron chi connectivity index (χ3n) is 4.41. The van der Waals surface area contributed by atoms with Crippen LogP contribution in [0.4, 0.5) is 0 Å². The fourth-order valence-electron chi connectivity index (χ4n) is 3.20. The molecule has 0 atom stereocenters. The molecule has 0 unspecified atom stereocenters. The van der Waals surface area contributed by atoms with E-state index in [1.165, 1.54) is 19.3 Å². The third kappa shape index (κ3) is 2.83. The standard InChI is InChI=1S/C20H24O2/c1-2-3-4-9-14-22-20-17-12-7-5-10-15(17)19(21)16-11-6-8-13-18(16)20/h5-8,10,12,21H,2-4,9,11,13-14H2,1H3. The summed E-state index contributed by atoms with van der Waals surface area (Å²) in [5.41, 5.74) is 2.19. The van der Waals surface area contributed by atoms with Gasteiger partial charge in [0.1, 0.15) is 11.5 Å². The Bertz CT molecular complexity index is 686. The lowest BCUT2D eigenvalue weighted by molar-refractivity contribution is 0.305. The molecule has 0 saturated carbocycles. The maximum Gasteiger partial charge on any atom is 0.131 e. The maximum atomic E-state index is 10.6. The molecule has 2 heteroatoms. The molecule has 0 aromatic heterocycles. The quantitative estimate of drug-likeness (QED) is 0.589. The van der Waals surface area contributed by atoms with Crippen LogP contribution < -0.4 is 4.74 Å². The van der Waals surface area contributed by atoms with Gasteiger partial charge in [-0.2, -0.15) is 0 Å². The first-order chi connectivity index (χ1) is 10.8. The molecule has 1 aliphatic rings. The van der Waals surface area contributed by atoms with Crippen molar-refractivity contribution in [2.45, 2.75) is 45.4 Å². The molecular formula is C20H24O2. The van der Waals surface area contributed by atoms with Gasteiger partial charge in [0.25, 0.3) is 0 Å². The number of hydrogen-bond acceptors (Lipinski definition) is 2. The molecule has 0 amide bonds. The van der Waals surface area contributed by atoms with E-state index < -0.39 is 0 Å². The number of benzene rings is 2. The lowest BCUT2D eigenvalue weighted by Crippen LogP contribution is -2.06. The van der Waals surface area contributed by atoms with E-state index in [4.69, 9.17) is 4.74 Å². The monoisotopic (exact) mass is 296 g/mol. The number of allylic oxidation sites excluding steroid dienone is 2. The summed E-state index contributed by atoms with van der Waals surface area (Å²) >= 11 is 0. The van der Waals surface area contributed by atoms with E-state index in [0.717, 1.165) is 53.5 Å². The van der Waals surface area contributed by atoms with Crippen LogP contribution in [0.1, 0.15) is 43.7 Å². The molecule has 2 aromatic carbocycles. The van der Waals surface area contributed by atoms with E-state index in [1.54, 1.807) is 0 Å². The summed E-state index contributed by atoms with van der Waals surface area (Å²) < 4.78 is 6.17. The van der Waals surface area contributed by atoms with Gasteiger partial charge in [-0.15, -0.1) is 0 Å². The van der Waals surface area contributed by atoms with Crippen LogP contribution in [0.3, 0.4) is 0 Å². The molecule has 3 rings (SSSR count). The van der Waals surface area contributed by atoms with E-state index in [2.05, 4.69) is 25.1 Å². The van der Waals surface area contributed by atoms with E-state index in [0.29, 0.717) is 5.75 Å². The highest BCUT2D eigenvalue weighted by Crippen LogP contribution is 2.42. The van der Waals surface area contributed by atoms with Crippen LogP contribution in [-0.2, 0) is 12.8 Å². The zero-order chi connectivity index (χ0) is 15.4. The zero-order valence-corrected chi connectivity index (χ0v) is 13.3. The summed E-state index contributed by atoms with van der Waals surface area (Å²) in [4.78, 5) is 0. The predicted octanol–water partition coefficient (Wildman–Crippen LogP) is 5.16. The number of rotatable bonds is 6. The van der Waals surface area contributed by atoms with Crippen molar-refractivity contribution in [2.24, 2.45) is 0 Å². The first kappa shape index (κ1) is 15.0. The predicted molar refractivity (Wildman–Crippen MR) is 91.8 cm³/mol. The zero-order valence-electron chi connectivity index (χ0n) is 13.3. The first-order valence-electron chi connectivity index (χ1n) is 8.36. The highest BCUT2D eigenvalue weighted by atomic mass is 16.5. The van der Waals surface area contributed by atoms with Gasteiger partial charge in [0.2, 0.25) is 0 Å². The molecule has 22 heavy (non-hydrogen) atoms. The van der Waals surface area contributed by atoms with Gasteiger partial charge >= 0.3 is 0 Å². The number of fused-ring (bicyclic) bond motifs is 2. The fraction of sp³-hybridized carbons (Fsp3) is 0.400. The van der Waals surface area contributed by atoms with Crippen LogP contribution in [0.25, 0.3) is 10.8 Å². The Balaban J connectivity index is 1.95. The summed E-state index contributed by atoms with van der Waals surface area (Å²) in [5, 5.41) is 12.5. The van der Waals surface area contributed by atoms with Crippen molar-refractivity contribution in [3.05, 3.63) is 47.5 Å². The van der Waals surface area contributed by atoms with Gasteiger partial charge < -0.3 is 9.84 Å². The molecule has 0 fully saturated rings. The van der Waals surface area contributed by atoms with Crippen LogP contribution in [0.5, 0.6) is 11.5 Å². The van der Waals surface area contributed by atoms with Crippen molar-refractivity contribution < 1.29 is 9.84 Å². The van der Waals surface area contributed by atoms with Crippen molar-refractivity contribution >= 4 is 10.8 Å². The largest absolute Gasteiger partial charge is 0.507 e. The van der Waals surface area contributed by atoms with Gasteiger partial charge in [0, 0.05) is 21.9 Å². The van der Waals surface area contributed by atoms with Crippen LogP contribution in [-0.4, -0.2) is 11.7 Å². The minimum absolute atomic E-state index is 0.424. The lowest BCUT2D eigenvalue weighted by Gasteiger charge is -2.21. The summed E-state index contributed by atoms with van der Waals surface area (Å²) in [6, 6.07) is 8.01. The Morgan fingerprint density at radius 2 is 1.68 bits per heavy atom. The second-order valence-corrected chi connectivity index (χ2v) is 5.97. The van der Waals surface area contributed by atoms with Crippen LogP contribution in [0, 0.1) is 0 Å². The Hall–Kier alpha value is -1.96. The van der Waals surface area contributed by atoms with Crippen LogP contribution in [0.15, 0.2) is 36.4 Å². The Morgan fingerprint density at radius 3 is 2.45 bits per heavy atom. The lowest BCUT2D eigenvalue weighted by atomic mass is 9.91. The number of phenols is 1. The summed E-state index contributed by atoms with van der Waals surface area (Å²) in [7, 11) is 0. The SMILES string of the molecule is CCCCCCOc1c2c(c(O)c3ccccc13)CC=CC2. The Kier molecular flexibility index (Phi) is 4.67. The van der Waals surface area contributed by atoms with E-state index >= 15 is 0 Å². The van der Waals surface area contributed by atoms with E-state index in [9.17, 15) is 5.11 Å². The van der Waals surface area contributed by atoms with Crippen molar-refractivity contribution in [2.75, 3.05) is 6.61 Å². The summed E-state index contributed by atoms with van der Waals surface area (Å²) in [5.74, 6) is 1.40.